The molecule has 1 N–H and O–H groups in total. The number of aromatic amines is 1. The van der Waals surface area contributed by atoms with Gasteiger partial charge in [-0.05, 0) is 121 Å². The number of nitrogens with one attached hydrogen (secondary N) is 1. The normalized spacial score (nSPS) is 18.7. The molecule has 0 unspecified atom stereocenters. The van der Waals surface area contributed by atoms with Crippen molar-refractivity contribution in [1.82, 2.24) is 4.98 Å². The Morgan fingerprint density at radius 1 is 0.609 bits per heavy atom. The molecule has 246 valence electrons. The van der Waals surface area contributed by atoms with Gasteiger partial charge in [-0.2, -0.15) is 4.40 Å². The topological polar surface area (TPSA) is 19.9 Å². The average Bonchev–Trinajstić information content (AvgIpc) is 3.59. The van der Waals surface area contributed by atoms with E-state index in [0.29, 0.717) is 11.8 Å². The number of rotatable bonds is 6. The molecule has 0 atom stereocenters. The predicted octanol–water partition coefficient (Wildman–Crippen LogP) is 12.8. The highest BCUT2D eigenvalue weighted by atomic mass is 15.0. The summed E-state index contributed by atoms with van der Waals surface area (Å²) in [7, 11) is 0. The van der Waals surface area contributed by atoms with Crippen molar-refractivity contribution in [3.8, 4) is 11.3 Å². The third-order valence-electron chi connectivity index (χ3n) is 11.8. The molecule has 2 heterocycles. The first kappa shape index (κ1) is 33.0. The van der Waals surface area contributed by atoms with Crippen molar-refractivity contribution in [2.24, 2.45) is 0 Å². The smallest absolute Gasteiger partial charge is 0.247 e. The largest absolute Gasteiger partial charge is 0.249 e. The van der Waals surface area contributed by atoms with Gasteiger partial charge in [-0.1, -0.05) is 122 Å². The lowest BCUT2D eigenvalue weighted by molar-refractivity contribution is -0.498. The van der Waals surface area contributed by atoms with Gasteiger partial charge in [0.25, 0.3) is 0 Å². The maximum absolute atomic E-state index is 3.37. The summed E-state index contributed by atoms with van der Waals surface area (Å²) in [4.78, 5) is 3.37. The van der Waals surface area contributed by atoms with Crippen LogP contribution in [-0.2, 0) is 0 Å². The lowest BCUT2D eigenvalue weighted by Gasteiger charge is -2.32. The zero-order chi connectivity index (χ0) is 32.0. The minimum absolute atomic E-state index is 0.638. The van der Waals surface area contributed by atoms with Gasteiger partial charge >= 0.3 is 0 Å². The maximum Gasteiger partial charge on any atom is 0.247 e. The van der Waals surface area contributed by atoms with Crippen LogP contribution in [0.3, 0.4) is 0 Å². The zero-order valence-corrected chi connectivity index (χ0v) is 29.7. The quantitative estimate of drug-likeness (QED) is 0.208. The Morgan fingerprint density at radius 3 is 1.59 bits per heavy atom. The number of benzene rings is 2. The standard InChI is InChI=1S/C31H40N2.C13H20/c1-4-11-23(12-5-1)26-19-28(24-13-6-2-7-14-24)31(29(20-26)25-15-8-3-9-16-25)30-18-10-17-27-21-32-22-33(27)30;1-9(2)12-7-6-8-13(10(3)4)11(12)5/h10,17-25H,1-9,11-16H2;6-10H,1-5H3/p+1. The Hall–Kier alpha value is -2.87. The lowest BCUT2D eigenvalue weighted by Crippen LogP contribution is -2.24. The predicted molar refractivity (Wildman–Crippen MR) is 196 cm³/mol. The molecule has 0 saturated heterocycles. The van der Waals surface area contributed by atoms with E-state index in [9.17, 15) is 0 Å². The minimum atomic E-state index is 0.638. The fraction of sp³-hybridized carbons (Fsp3) is 0.568. The second kappa shape index (κ2) is 15.4. The Kier molecular flexibility index (Phi) is 11.0. The van der Waals surface area contributed by atoms with Crippen LogP contribution in [0, 0.1) is 6.92 Å². The summed E-state index contributed by atoms with van der Waals surface area (Å²) < 4.78 is 2.41. The van der Waals surface area contributed by atoms with Crippen molar-refractivity contribution < 1.29 is 4.40 Å². The van der Waals surface area contributed by atoms with E-state index < -0.39 is 0 Å². The van der Waals surface area contributed by atoms with Crippen LogP contribution in [-0.4, -0.2) is 4.98 Å². The first-order valence-corrected chi connectivity index (χ1v) is 19.2. The molecule has 0 radical (unpaired) electrons. The van der Waals surface area contributed by atoms with Gasteiger partial charge in [0, 0.05) is 5.56 Å². The van der Waals surface area contributed by atoms with E-state index in [2.05, 4.69) is 105 Å². The molecule has 0 spiro atoms. The summed E-state index contributed by atoms with van der Waals surface area (Å²) in [6.07, 6.45) is 25.3. The number of aromatic nitrogens is 2. The summed E-state index contributed by atoms with van der Waals surface area (Å²) in [5.74, 6) is 3.52. The highest BCUT2D eigenvalue weighted by Crippen LogP contribution is 2.47. The van der Waals surface area contributed by atoms with Crippen molar-refractivity contribution >= 4 is 5.52 Å². The monoisotopic (exact) mass is 617 g/mol. The molecule has 46 heavy (non-hydrogen) atoms. The van der Waals surface area contributed by atoms with E-state index in [-0.39, 0.29) is 0 Å². The van der Waals surface area contributed by atoms with Gasteiger partial charge in [-0.25, -0.2) is 4.98 Å². The Balaban J connectivity index is 0.000000242. The highest BCUT2D eigenvalue weighted by molar-refractivity contribution is 5.70. The van der Waals surface area contributed by atoms with Crippen molar-refractivity contribution in [1.29, 1.82) is 0 Å². The molecule has 3 fully saturated rings. The van der Waals surface area contributed by atoms with Gasteiger partial charge < -0.3 is 0 Å². The summed E-state index contributed by atoms with van der Waals surface area (Å²) in [5.41, 5.74) is 13.8. The molecular formula is C44H61N2+. The van der Waals surface area contributed by atoms with E-state index >= 15 is 0 Å². The fourth-order valence-electron chi connectivity index (χ4n) is 9.27. The van der Waals surface area contributed by atoms with Crippen LogP contribution in [0.15, 0.2) is 61.1 Å². The number of H-pyrrole nitrogens is 1. The number of imidazole rings is 1. The second-order valence-corrected chi connectivity index (χ2v) is 15.6. The molecule has 3 saturated carbocycles. The van der Waals surface area contributed by atoms with E-state index in [1.165, 1.54) is 124 Å². The molecule has 3 aliphatic rings. The van der Waals surface area contributed by atoms with Crippen LogP contribution in [0.5, 0.6) is 0 Å². The Morgan fingerprint density at radius 2 is 1.09 bits per heavy atom. The van der Waals surface area contributed by atoms with Crippen LogP contribution in [0.4, 0.5) is 0 Å². The SMILES string of the molecule is Cc1c(C(C)C)cccc1C(C)C.c1cc(-c2c(C3CCCCC3)cc(C3CCCCC3)cc2C2CCCCC2)[n+]2c[nH]cc2c1. The fourth-order valence-corrected chi connectivity index (χ4v) is 9.27. The summed E-state index contributed by atoms with van der Waals surface area (Å²) in [6.45, 7) is 11.3. The molecule has 0 amide bonds. The van der Waals surface area contributed by atoms with Crippen molar-refractivity contribution in [3.05, 3.63) is 94.4 Å². The molecule has 2 nitrogen and oxygen atoms in total. The summed E-state index contributed by atoms with van der Waals surface area (Å²) in [5, 5.41) is 0. The van der Waals surface area contributed by atoms with Crippen LogP contribution < -0.4 is 4.40 Å². The van der Waals surface area contributed by atoms with Gasteiger partial charge in [-0.3, -0.25) is 0 Å². The van der Waals surface area contributed by atoms with Gasteiger partial charge in [0.2, 0.25) is 6.33 Å². The highest BCUT2D eigenvalue weighted by Gasteiger charge is 2.30. The molecular weight excluding hydrogens is 556 g/mol. The van der Waals surface area contributed by atoms with Gasteiger partial charge in [0.1, 0.15) is 11.9 Å². The maximum atomic E-state index is 3.37. The van der Waals surface area contributed by atoms with Gasteiger partial charge in [-0.15, -0.1) is 0 Å². The van der Waals surface area contributed by atoms with Crippen LogP contribution in [0.25, 0.3) is 16.8 Å². The van der Waals surface area contributed by atoms with Gasteiger partial charge in [0.05, 0.1) is 0 Å². The third-order valence-corrected chi connectivity index (χ3v) is 11.8. The van der Waals surface area contributed by atoms with Crippen LogP contribution in [0.2, 0.25) is 0 Å². The van der Waals surface area contributed by atoms with Gasteiger partial charge in [0.15, 0.2) is 5.52 Å². The summed E-state index contributed by atoms with van der Waals surface area (Å²) in [6, 6.07) is 19.0. The number of fused-ring (bicyclic) bond motifs is 1. The van der Waals surface area contributed by atoms with E-state index in [1.807, 2.05) is 0 Å². The molecule has 2 aromatic heterocycles. The molecule has 2 aromatic carbocycles. The van der Waals surface area contributed by atoms with Crippen LogP contribution in [0.1, 0.15) is 187 Å². The lowest BCUT2D eigenvalue weighted by atomic mass is 9.73. The molecule has 0 bridgehead atoms. The molecule has 2 heteroatoms. The third kappa shape index (κ3) is 7.32. The second-order valence-electron chi connectivity index (χ2n) is 15.6. The summed E-state index contributed by atoms with van der Waals surface area (Å²) >= 11 is 0. The molecule has 3 aliphatic carbocycles. The zero-order valence-electron chi connectivity index (χ0n) is 29.7. The number of hydrogen-bond acceptors (Lipinski definition) is 0. The first-order valence-electron chi connectivity index (χ1n) is 19.2. The molecule has 0 aliphatic heterocycles. The molecule has 4 aromatic rings. The Labute approximate surface area is 280 Å². The Bertz CT molecular complexity index is 1490. The molecule has 7 rings (SSSR count). The number of hydrogen-bond donors (Lipinski definition) is 1. The van der Waals surface area contributed by atoms with E-state index in [1.54, 1.807) is 22.3 Å². The average molecular weight is 618 g/mol. The van der Waals surface area contributed by atoms with Crippen molar-refractivity contribution in [3.63, 3.8) is 0 Å². The van der Waals surface area contributed by atoms with Crippen molar-refractivity contribution in [2.75, 3.05) is 0 Å². The van der Waals surface area contributed by atoms with Crippen LogP contribution >= 0.6 is 0 Å². The first-order chi connectivity index (χ1) is 22.4. The van der Waals surface area contributed by atoms with Crippen molar-refractivity contribution in [2.45, 2.75) is 161 Å². The minimum Gasteiger partial charge on any atom is -0.249 e. The van der Waals surface area contributed by atoms with E-state index in [0.717, 1.165) is 17.8 Å². The van der Waals surface area contributed by atoms with E-state index in [4.69, 9.17) is 0 Å². The number of nitrogens with zero attached hydrogens (tertiary/aromatic N) is 1. The number of pyridine rings is 1.